The van der Waals surface area contributed by atoms with E-state index in [0.717, 1.165) is 18.5 Å². The van der Waals surface area contributed by atoms with Crippen LogP contribution in [0, 0.1) is 0 Å². The Morgan fingerprint density at radius 2 is 1.96 bits per heavy atom. The maximum atomic E-state index is 11.0. The van der Waals surface area contributed by atoms with Gasteiger partial charge in [-0.2, -0.15) is 0 Å². The number of nitrogens with one attached hydrogen (secondary N) is 2. The number of anilines is 1. The van der Waals surface area contributed by atoms with Crippen LogP contribution in [0.15, 0.2) is 23.2 Å². The smallest absolute Gasteiger partial charge is 0.305 e. The summed E-state index contributed by atoms with van der Waals surface area (Å²) in [4.78, 5) is 15.2. The summed E-state index contributed by atoms with van der Waals surface area (Å²) in [7, 11) is 4.71. The van der Waals surface area contributed by atoms with Crippen LogP contribution >= 0.6 is 24.0 Å². The molecule has 0 fully saturated rings. The highest BCUT2D eigenvalue weighted by Crippen LogP contribution is 2.30. The van der Waals surface area contributed by atoms with Crippen molar-refractivity contribution in [3.05, 3.63) is 18.2 Å². The highest BCUT2D eigenvalue weighted by atomic mass is 127. The van der Waals surface area contributed by atoms with Crippen molar-refractivity contribution >= 4 is 41.6 Å². The molecule has 25 heavy (non-hydrogen) atoms. The largest absolute Gasteiger partial charge is 0.493 e. The lowest BCUT2D eigenvalue weighted by molar-refractivity contribution is -0.140. The zero-order chi connectivity index (χ0) is 17.8. The molecule has 7 nitrogen and oxygen atoms in total. The van der Waals surface area contributed by atoms with E-state index in [2.05, 4.69) is 20.4 Å². The van der Waals surface area contributed by atoms with Gasteiger partial charge in [0.1, 0.15) is 0 Å². The number of carbonyl (C=O) groups excluding carboxylic acids is 1. The van der Waals surface area contributed by atoms with Crippen molar-refractivity contribution in [1.82, 2.24) is 5.32 Å². The number of ether oxygens (including phenoxy) is 3. The number of halogens is 1. The summed E-state index contributed by atoms with van der Waals surface area (Å²) in [5, 5.41) is 6.40. The van der Waals surface area contributed by atoms with Crippen molar-refractivity contribution in [3.63, 3.8) is 0 Å². The van der Waals surface area contributed by atoms with Gasteiger partial charge in [-0.15, -0.1) is 24.0 Å². The second kappa shape index (κ2) is 13.6. The fourth-order valence-electron chi connectivity index (χ4n) is 2.04. The number of rotatable bonds is 9. The molecule has 2 N–H and O–H groups in total. The Morgan fingerprint density at radius 1 is 1.20 bits per heavy atom. The van der Waals surface area contributed by atoms with Gasteiger partial charge in [0.25, 0.3) is 0 Å². The number of unbranched alkanes of at least 4 members (excludes halogenated alkanes) is 1. The van der Waals surface area contributed by atoms with E-state index in [0.29, 0.717) is 37.0 Å². The monoisotopic (exact) mass is 465 g/mol. The molecule has 0 aliphatic rings. The molecule has 1 rings (SSSR count). The van der Waals surface area contributed by atoms with Crippen molar-refractivity contribution in [3.8, 4) is 11.5 Å². The molecule has 0 amide bonds. The number of nitrogens with zero attached hydrogens (tertiary/aromatic N) is 1. The average Bonchev–Trinajstić information content (AvgIpc) is 2.61. The fourth-order valence-corrected chi connectivity index (χ4v) is 2.04. The second-order valence-corrected chi connectivity index (χ2v) is 4.96. The third kappa shape index (κ3) is 8.80. The van der Waals surface area contributed by atoms with E-state index in [-0.39, 0.29) is 29.9 Å². The Kier molecular flexibility index (Phi) is 12.6. The molecular weight excluding hydrogens is 437 g/mol. The molecule has 142 valence electrons. The van der Waals surface area contributed by atoms with E-state index in [1.807, 2.05) is 25.1 Å². The van der Waals surface area contributed by atoms with Crippen molar-refractivity contribution in [1.29, 1.82) is 0 Å². The molecule has 0 saturated heterocycles. The summed E-state index contributed by atoms with van der Waals surface area (Å²) in [5.41, 5.74) is 0.845. The summed E-state index contributed by atoms with van der Waals surface area (Å²) >= 11 is 0. The Morgan fingerprint density at radius 3 is 2.56 bits per heavy atom. The minimum absolute atomic E-state index is 0. The first-order valence-corrected chi connectivity index (χ1v) is 7.99. The predicted octanol–water partition coefficient (Wildman–Crippen LogP) is 3.04. The quantitative estimate of drug-likeness (QED) is 0.192. The van der Waals surface area contributed by atoms with E-state index in [9.17, 15) is 4.79 Å². The van der Waals surface area contributed by atoms with Crippen LogP contribution in [-0.2, 0) is 9.53 Å². The Bertz CT molecular complexity index is 553. The minimum atomic E-state index is -0.181. The first-order chi connectivity index (χ1) is 11.6. The van der Waals surface area contributed by atoms with Gasteiger partial charge in [0.05, 0.1) is 20.8 Å². The maximum absolute atomic E-state index is 11.0. The van der Waals surface area contributed by atoms with Crippen molar-refractivity contribution in [2.45, 2.75) is 26.2 Å². The zero-order valence-corrected chi connectivity index (χ0v) is 17.6. The summed E-state index contributed by atoms with van der Waals surface area (Å²) < 4.78 is 15.4. The number of carbonyl (C=O) groups is 1. The summed E-state index contributed by atoms with van der Waals surface area (Å²) in [5.74, 6) is 1.84. The van der Waals surface area contributed by atoms with E-state index in [4.69, 9.17) is 9.47 Å². The Hall–Kier alpha value is -1.71. The van der Waals surface area contributed by atoms with Crippen LogP contribution in [-0.4, -0.2) is 46.3 Å². The van der Waals surface area contributed by atoms with Crippen LogP contribution in [0.2, 0.25) is 0 Å². The van der Waals surface area contributed by atoms with Gasteiger partial charge in [0, 0.05) is 31.8 Å². The van der Waals surface area contributed by atoms with Gasteiger partial charge >= 0.3 is 5.97 Å². The van der Waals surface area contributed by atoms with E-state index in [1.54, 1.807) is 14.2 Å². The molecular formula is C17H28IN3O4. The molecule has 0 radical (unpaired) electrons. The molecule has 0 bridgehead atoms. The highest BCUT2D eigenvalue weighted by molar-refractivity contribution is 14.0. The summed E-state index contributed by atoms with van der Waals surface area (Å²) in [6.45, 7) is 3.22. The SMILES string of the molecule is CCOc1ccc(NC(=NC)NCCCCC(=O)OC)cc1OC.I. The van der Waals surface area contributed by atoms with E-state index in [1.165, 1.54) is 7.11 Å². The van der Waals surface area contributed by atoms with Gasteiger partial charge in [0.15, 0.2) is 17.5 Å². The molecule has 0 spiro atoms. The molecule has 1 aromatic rings. The van der Waals surface area contributed by atoms with Gasteiger partial charge in [-0.05, 0) is 31.9 Å². The lowest BCUT2D eigenvalue weighted by atomic mass is 10.2. The number of guanidine groups is 1. The third-order valence-corrected chi connectivity index (χ3v) is 3.28. The number of aliphatic imine (C=N–C) groups is 1. The van der Waals surface area contributed by atoms with Gasteiger partial charge in [0.2, 0.25) is 0 Å². The van der Waals surface area contributed by atoms with Crippen molar-refractivity contribution in [2.24, 2.45) is 4.99 Å². The molecule has 1 aromatic carbocycles. The van der Waals surface area contributed by atoms with Crippen LogP contribution in [0.25, 0.3) is 0 Å². The van der Waals surface area contributed by atoms with Crippen LogP contribution in [0.1, 0.15) is 26.2 Å². The number of esters is 1. The predicted molar refractivity (Wildman–Crippen MR) is 110 cm³/mol. The third-order valence-electron chi connectivity index (χ3n) is 3.28. The number of methoxy groups -OCH3 is 2. The standard InChI is InChI=1S/C17H27N3O4.HI/c1-5-24-14-10-9-13(12-15(14)22-3)20-17(18-2)19-11-7-6-8-16(21)23-4;/h9-10,12H,5-8,11H2,1-4H3,(H2,18,19,20);1H. The highest BCUT2D eigenvalue weighted by Gasteiger charge is 2.07. The van der Waals surface area contributed by atoms with Crippen LogP contribution in [0.5, 0.6) is 11.5 Å². The number of hydrogen-bond acceptors (Lipinski definition) is 5. The maximum Gasteiger partial charge on any atom is 0.305 e. The minimum Gasteiger partial charge on any atom is -0.493 e. The van der Waals surface area contributed by atoms with Crippen molar-refractivity contribution < 1.29 is 19.0 Å². The van der Waals surface area contributed by atoms with Gasteiger partial charge in [-0.3, -0.25) is 9.79 Å². The molecule has 0 saturated carbocycles. The number of hydrogen-bond donors (Lipinski definition) is 2. The molecule has 0 aliphatic carbocycles. The Balaban J connectivity index is 0.00000576. The molecule has 0 heterocycles. The van der Waals surface area contributed by atoms with Crippen molar-refractivity contribution in [2.75, 3.05) is 39.7 Å². The average molecular weight is 465 g/mol. The zero-order valence-electron chi connectivity index (χ0n) is 15.3. The van der Waals surface area contributed by atoms with Crippen LogP contribution in [0.3, 0.4) is 0 Å². The number of benzene rings is 1. The molecule has 0 atom stereocenters. The molecule has 0 aliphatic heterocycles. The normalized spacial score (nSPS) is 10.5. The topological polar surface area (TPSA) is 81.2 Å². The lowest BCUT2D eigenvalue weighted by Crippen LogP contribution is -2.31. The second-order valence-electron chi connectivity index (χ2n) is 4.96. The first kappa shape index (κ1) is 23.3. The van der Waals surface area contributed by atoms with E-state index < -0.39 is 0 Å². The fraction of sp³-hybridized carbons (Fsp3) is 0.529. The molecule has 8 heteroatoms. The first-order valence-electron chi connectivity index (χ1n) is 7.99. The van der Waals surface area contributed by atoms with Crippen LogP contribution < -0.4 is 20.1 Å². The summed E-state index contributed by atoms with van der Waals surface area (Å²) in [6.07, 6.45) is 2.05. The van der Waals surface area contributed by atoms with Gasteiger partial charge in [-0.1, -0.05) is 0 Å². The summed E-state index contributed by atoms with van der Waals surface area (Å²) in [6, 6.07) is 5.61. The Labute approximate surface area is 166 Å². The van der Waals surface area contributed by atoms with Gasteiger partial charge < -0.3 is 24.8 Å². The van der Waals surface area contributed by atoms with Crippen LogP contribution in [0.4, 0.5) is 5.69 Å². The van der Waals surface area contributed by atoms with E-state index >= 15 is 0 Å². The molecule has 0 aromatic heterocycles. The van der Waals surface area contributed by atoms with Gasteiger partial charge in [-0.25, -0.2) is 0 Å². The lowest BCUT2D eigenvalue weighted by Gasteiger charge is -2.14. The molecule has 0 unspecified atom stereocenters.